The molecule has 114 valence electrons. The predicted molar refractivity (Wildman–Crippen MR) is 89.7 cm³/mol. The molecular formula is C17H25N3S. The van der Waals surface area contributed by atoms with Crippen molar-refractivity contribution in [1.82, 2.24) is 15.5 Å². The van der Waals surface area contributed by atoms with Crippen molar-refractivity contribution in [3.8, 4) is 0 Å². The molecule has 1 atom stereocenters. The fraction of sp³-hybridized carbons (Fsp3) is 0.529. The van der Waals surface area contributed by atoms with Crippen LogP contribution in [0.4, 0.5) is 0 Å². The summed E-state index contributed by atoms with van der Waals surface area (Å²) >= 11 is 1.74. The van der Waals surface area contributed by atoms with E-state index >= 15 is 0 Å². The molecule has 0 fully saturated rings. The second-order valence-electron chi connectivity index (χ2n) is 5.33. The van der Waals surface area contributed by atoms with Gasteiger partial charge in [0.15, 0.2) is 0 Å². The first-order chi connectivity index (χ1) is 10.3. The third-order valence-electron chi connectivity index (χ3n) is 3.65. The third-order valence-corrected chi connectivity index (χ3v) is 4.69. The highest BCUT2D eigenvalue weighted by Gasteiger charge is 2.16. The Morgan fingerprint density at radius 3 is 2.52 bits per heavy atom. The maximum Gasteiger partial charge on any atom is 0.139 e. The summed E-state index contributed by atoms with van der Waals surface area (Å²) in [5, 5.41) is 14.3. The molecule has 1 aromatic heterocycles. The van der Waals surface area contributed by atoms with Gasteiger partial charge in [0, 0.05) is 6.42 Å². The van der Waals surface area contributed by atoms with E-state index in [2.05, 4.69) is 46.7 Å². The number of benzene rings is 1. The second kappa shape index (κ2) is 8.90. The number of unbranched alkanes of at least 4 members (excludes halogenated alkanes) is 4. The van der Waals surface area contributed by atoms with Crippen molar-refractivity contribution in [1.29, 1.82) is 0 Å². The van der Waals surface area contributed by atoms with Gasteiger partial charge in [-0.3, -0.25) is 0 Å². The molecule has 4 heteroatoms. The van der Waals surface area contributed by atoms with E-state index in [4.69, 9.17) is 0 Å². The molecule has 1 aromatic carbocycles. The van der Waals surface area contributed by atoms with E-state index in [-0.39, 0.29) is 6.04 Å². The molecule has 1 N–H and O–H groups in total. The van der Waals surface area contributed by atoms with Gasteiger partial charge in [-0.1, -0.05) is 74.3 Å². The lowest BCUT2D eigenvalue weighted by Gasteiger charge is -2.12. The standard InChI is InChI=1S/C17H25N3S/c1-3-4-5-6-10-13-15-19-20-17(21-15)16(18-2)14-11-8-7-9-12-14/h7-9,11-12,16,18H,3-6,10,13H2,1-2H3. The number of nitrogens with one attached hydrogen (secondary N) is 1. The summed E-state index contributed by atoms with van der Waals surface area (Å²) in [5.41, 5.74) is 1.24. The summed E-state index contributed by atoms with van der Waals surface area (Å²) in [6.07, 6.45) is 7.57. The molecule has 0 aliphatic heterocycles. The van der Waals surface area contributed by atoms with Crippen LogP contribution in [0, 0.1) is 0 Å². The van der Waals surface area contributed by atoms with E-state index in [1.165, 1.54) is 37.7 Å². The zero-order valence-electron chi connectivity index (χ0n) is 13.0. The van der Waals surface area contributed by atoms with Crippen LogP contribution in [0.25, 0.3) is 0 Å². The van der Waals surface area contributed by atoms with Gasteiger partial charge in [0.1, 0.15) is 10.0 Å². The average Bonchev–Trinajstić information content (AvgIpc) is 2.98. The molecule has 2 aromatic rings. The molecule has 0 saturated heterocycles. The number of nitrogens with zero attached hydrogens (tertiary/aromatic N) is 2. The monoisotopic (exact) mass is 303 g/mol. The van der Waals surface area contributed by atoms with Crippen LogP contribution in [0.3, 0.4) is 0 Å². The quantitative estimate of drug-likeness (QED) is 0.699. The van der Waals surface area contributed by atoms with Gasteiger partial charge in [0.2, 0.25) is 0 Å². The first-order valence-electron chi connectivity index (χ1n) is 7.89. The molecule has 0 saturated carbocycles. The zero-order valence-corrected chi connectivity index (χ0v) is 13.8. The van der Waals surface area contributed by atoms with Crippen LogP contribution in [0.2, 0.25) is 0 Å². The highest BCUT2D eigenvalue weighted by atomic mass is 32.1. The summed E-state index contributed by atoms with van der Waals surface area (Å²) in [6, 6.07) is 10.6. The molecule has 3 nitrogen and oxygen atoms in total. The minimum atomic E-state index is 0.151. The average molecular weight is 303 g/mol. The molecule has 1 heterocycles. The Kier molecular flexibility index (Phi) is 6.83. The van der Waals surface area contributed by atoms with Gasteiger partial charge in [-0.25, -0.2) is 0 Å². The largest absolute Gasteiger partial charge is 0.307 e. The Morgan fingerprint density at radius 1 is 1.05 bits per heavy atom. The minimum absolute atomic E-state index is 0.151. The van der Waals surface area contributed by atoms with Gasteiger partial charge in [0.25, 0.3) is 0 Å². The molecule has 0 spiro atoms. The molecule has 0 aliphatic carbocycles. The van der Waals surface area contributed by atoms with E-state index in [1.807, 2.05) is 13.1 Å². The number of aromatic nitrogens is 2. The van der Waals surface area contributed by atoms with E-state index < -0.39 is 0 Å². The molecular weight excluding hydrogens is 278 g/mol. The summed E-state index contributed by atoms with van der Waals surface area (Å²) < 4.78 is 0. The van der Waals surface area contributed by atoms with Crippen LogP contribution < -0.4 is 5.32 Å². The van der Waals surface area contributed by atoms with Gasteiger partial charge in [0.05, 0.1) is 6.04 Å². The summed E-state index contributed by atoms with van der Waals surface area (Å²) in [5.74, 6) is 0. The highest BCUT2D eigenvalue weighted by molar-refractivity contribution is 7.11. The van der Waals surface area contributed by atoms with Crippen molar-refractivity contribution < 1.29 is 0 Å². The van der Waals surface area contributed by atoms with Crippen molar-refractivity contribution in [2.75, 3.05) is 7.05 Å². The number of rotatable bonds is 9. The number of hydrogen-bond donors (Lipinski definition) is 1. The zero-order chi connectivity index (χ0) is 14.9. The Balaban J connectivity index is 1.92. The molecule has 0 radical (unpaired) electrons. The first kappa shape index (κ1) is 16.1. The minimum Gasteiger partial charge on any atom is -0.307 e. The number of aryl methyl sites for hydroxylation is 1. The normalized spacial score (nSPS) is 12.5. The molecule has 0 amide bonds. The Bertz CT molecular complexity index is 510. The molecule has 21 heavy (non-hydrogen) atoms. The van der Waals surface area contributed by atoms with E-state index in [0.29, 0.717) is 0 Å². The number of hydrogen-bond acceptors (Lipinski definition) is 4. The molecule has 0 bridgehead atoms. The van der Waals surface area contributed by atoms with Crippen LogP contribution in [0.1, 0.15) is 60.6 Å². The Hall–Kier alpha value is -1.26. The summed E-state index contributed by atoms with van der Waals surface area (Å²) in [4.78, 5) is 0. The van der Waals surface area contributed by atoms with Crippen LogP contribution in [-0.2, 0) is 6.42 Å². The van der Waals surface area contributed by atoms with Gasteiger partial charge in [-0.05, 0) is 19.0 Å². The van der Waals surface area contributed by atoms with Crippen molar-refractivity contribution >= 4 is 11.3 Å². The summed E-state index contributed by atoms with van der Waals surface area (Å²) in [6.45, 7) is 2.25. The van der Waals surface area contributed by atoms with Crippen molar-refractivity contribution in [2.24, 2.45) is 0 Å². The lowest BCUT2D eigenvalue weighted by molar-refractivity contribution is 0.629. The van der Waals surface area contributed by atoms with E-state index in [0.717, 1.165) is 16.4 Å². The predicted octanol–water partition coefficient (Wildman–Crippen LogP) is 4.36. The third kappa shape index (κ3) is 4.90. The Morgan fingerprint density at radius 2 is 1.81 bits per heavy atom. The van der Waals surface area contributed by atoms with Gasteiger partial charge >= 0.3 is 0 Å². The molecule has 0 aliphatic rings. The lowest BCUT2D eigenvalue weighted by atomic mass is 10.1. The van der Waals surface area contributed by atoms with Crippen molar-refractivity contribution in [2.45, 2.75) is 51.5 Å². The van der Waals surface area contributed by atoms with Gasteiger partial charge < -0.3 is 5.32 Å². The van der Waals surface area contributed by atoms with Crippen LogP contribution >= 0.6 is 11.3 Å². The highest BCUT2D eigenvalue weighted by Crippen LogP contribution is 2.25. The molecule has 1 unspecified atom stereocenters. The second-order valence-corrected chi connectivity index (χ2v) is 6.42. The van der Waals surface area contributed by atoms with E-state index in [1.54, 1.807) is 11.3 Å². The maximum absolute atomic E-state index is 4.38. The maximum atomic E-state index is 4.38. The van der Waals surface area contributed by atoms with Crippen LogP contribution in [0.15, 0.2) is 30.3 Å². The Labute approximate surface area is 131 Å². The topological polar surface area (TPSA) is 37.8 Å². The van der Waals surface area contributed by atoms with Crippen LogP contribution in [-0.4, -0.2) is 17.2 Å². The fourth-order valence-electron chi connectivity index (χ4n) is 2.44. The summed E-state index contributed by atoms with van der Waals surface area (Å²) in [7, 11) is 1.98. The SMILES string of the molecule is CCCCCCCc1nnc(C(NC)c2ccccc2)s1. The van der Waals surface area contributed by atoms with Gasteiger partial charge in [-0.2, -0.15) is 0 Å². The van der Waals surface area contributed by atoms with Gasteiger partial charge in [-0.15, -0.1) is 10.2 Å². The lowest BCUT2D eigenvalue weighted by Crippen LogP contribution is -2.17. The molecule has 2 rings (SSSR count). The van der Waals surface area contributed by atoms with E-state index in [9.17, 15) is 0 Å². The van der Waals surface area contributed by atoms with Crippen LogP contribution in [0.5, 0.6) is 0 Å². The van der Waals surface area contributed by atoms with Crippen molar-refractivity contribution in [3.63, 3.8) is 0 Å². The first-order valence-corrected chi connectivity index (χ1v) is 8.71. The smallest absolute Gasteiger partial charge is 0.139 e. The fourth-order valence-corrected chi connectivity index (χ4v) is 3.47. The van der Waals surface area contributed by atoms with Crippen molar-refractivity contribution in [3.05, 3.63) is 45.9 Å².